The lowest BCUT2D eigenvalue weighted by atomic mass is 10.1. The van der Waals surface area contributed by atoms with Gasteiger partial charge in [-0.15, -0.1) is 11.8 Å². The Hall–Kier alpha value is -2.80. The first-order valence-electron chi connectivity index (χ1n) is 8.91. The number of carbonyl (C=O) groups excluding carboxylic acids is 2. The van der Waals surface area contributed by atoms with Gasteiger partial charge in [0.05, 0.1) is 11.7 Å². The molecule has 7 heteroatoms. The number of hydrogen-bond acceptors (Lipinski definition) is 4. The highest BCUT2D eigenvalue weighted by molar-refractivity contribution is 8.00. The maximum Gasteiger partial charge on any atom is 0.303 e. The number of carboxylic acid groups (broad SMARTS) is 1. The van der Waals surface area contributed by atoms with Crippen LogP contribution in [0, 0.1) is 13.8 Å². The molecule has 0 bridgehead atoms. The number of carboxylic acids is 1. The van der Waals surface area contributed by atoms with Crippen molar-refractivity contribution in [3.05, 3.63) is 53.6 Å². The fourth-order valence-corrected chi connectivity index (χ4v) is 3.38. The molecule has 2 aromatic rings. The summed E-state index contributed by atoms with van der Waals surface area (Å²) in [6, 6.07) is 13.1. The minimum absolute atomic E-state index is 0.0820. The van der Waals surface area contributed by atoms with Crippen molar-refractivity contribution in [1.82, 2.24) is 0 Å². The molecule has 0 saturated heterocycles. The predicted octanol–water partition coefficient (Wildman–Crippen LogP) is 4.23. The van der Waals surface area contributed by atoms with Crippen LogP contribution in [0.25, 0.3) is 0 Å². The topological polar surface area (TPSA) is 95.5 Å². The number of anilines is 2. The van der Waals surface area contributed by atoms with Gasteiger partial charge in [-0.1, -0.05) is 18.2 Å². The van der Waals surface area contributed by atoms with Crippen molar-refractivity contribution in [3.8, 4) is 0 Å². The summed E-state index contributed by atoms with van der Waals surface area (Å²) in [6.45, 7) is 5.75. The van der Waals surface area contributed by atoms with Crippen LogP contribution in [0.2, 0.25) is 0 Å². The summed E-state index contributed by atoms with van der Waals surface area (Å²) in [4.78, 5) is 35.7. The molecule has 2 aromatic carbocycles. The number of carbonyl (C=O) groups is 3. The summed E-state index contributed by atoms with van der Waals surface area (Å²) in [5, 5.41) is 13.9. The number of aliphatic carboxylic acids is 1. The van der Waals surface area contributed by atoms with Crippen molar-refractivity contribution < 1.29 is 19.5 Å². The van der Waals surface area contributed by atoms with Gasteiger partial charge in [-0.2, -0.15) is 0 Å². The van der Waals surface area contributed by atoms with E-state index in [0.717, 1.165) is 21.7 Å². The second-order valence-electron chi connectivity index (χ2n) is 6.54. The minimum Gasteiger partial charge on any atom is -0.481 e. The van der Waals surface area contributed by atoms with Gasteiger partial charge >= 0.3 is 5.97 Å². The molecule has 2 amide bonds. The Morgan fingerprint density at radius 1 is 1.04 bits per heavy atom. The largest absolute Gasteiger partial charge is 0.481 e. The molecule has 2 rings (SSSR count). The number of benzene rings is 2. The van der Waals surface area contributed by atoms with E-state index in [1.807, 2.05) is 45.0 Å². The lowest BCUT2D eigenvalue weighted by Gasteiger charge is -2.14. The molecule has 0 heterocycles. The SMILES string of the molecule is Cc1ccc(C)c(NC(=O)C(C)Sc2cccc(NC(=O)CCC(=O)O)c2)c1. The molecule has 28 heavy (non-hydrogen) atoms. The van der Waals surface area contributed by atoms with E-state index in [0.29, 0.717) is 5.69 Å². The van der Waals surface area contributed by atoms with Gasteiger partial charge in [0, 0.05) is 22.7 Å². The summed E-state index contributed by atoms with van der Waals surface area (Å²) < 4.78 is 0. The van der Waals surface area contributed by atoms with E-state index in [2.05, 4.69) is 10.6 Å². The lowest BCUT2D eigenvalue weighted by molar-refractivity contribution is -0.138. The van der Waals surface area contributed by atoms with E-state index in [9.17, 15) is 14.4 Å². The first-order valence-corrected chi connectivity index (χ1v) is 9.79. The monoisotopic (exact) mass is 400 g/mol. The Morgan fingerprint density at radius 2 is 1.79 bits per heavy atom. The van der Waals surface area contributed by atoms with Crippen LogP contribution in [-0.4, -0.2) is 28.1 Å². The number of thioether (sulfide) groups is 1. The van der Waals surface area contributed by atoms with Crippen LogP contribution in [-0.2, 0) is 14.4 Å². The van der Waals surface area contributed by atoms with Crippen molar-refractivity contribution >= 4 is 40.9 Å². The third-order valence-electron chi connectivity index (χ3n) is 4.02. The second kappa shape index (κ2) is 9.94. The fraction of sp³-hybridized carbons (Fsp3) is 0.286. The fourth-order valence-electron chi connectivity index (χ4n) is 2.45. The van der Waals surface area contributed by atoms with E-state index < -0.39 is 5.97 Å². The normalized spacial score (nSPS) is 11.5. The van der Waals surface area contributed by atoms with E-state index in [1.165, 1.54) is 11.8 Å². The molecule has 1 atom stereocenters. The number of hydrogen-bond donors (Lipinski definition) is 3. The van der Waals surface area contributed by atoms with E-state index in [1.54, 1.807) is 18.2 Å². The highest BCUT2D eigenvalue weighted by Crippen LogP contribution is 2.27. The summed E-state index contributed by atoms with van der Waals surface area (Å²) in [7, 11) is 0. The van der Waals surface area contributed by atoms with Crippen molar-refractivity contribution in [2.24, 2.45) is 0 Å². The van der Waals surface area contributed by atoms with Crippen LogP contribution in [0.15, 0.2) is 47.4 Å². The molecule has 3 N–H and O–H groups in total. The molecule has 0 fully saturated rings. The summed E-state index contributed by atoms with van der Waals surface area (Å²) in [5.41, 5.74) is 3.45. The molecule has 6 nitrogen and oxygen atoms in total. The standard InChI is InChI=1S/C21H24N2O4S/c1-13-7-8-14(2)18(11-13)23-21(27)15(3)28-17-6-4-5-16(12-17)22-19(24)9-10-20(25)26/h4-8,11-12,15H,9-10H2,1-3H3,(H,22,24)(H,23,27)(H,25,26). The van der Waals surface area contributed by atoms with Crippen molar-refractivity contribution in [3.63, 3.8) is 0 Å². The predicted molar refractivity (Wildman–Crippen MR) is 112 cm³/mol. The van der Waals surface area contributed by atoms with Gasteiger partial charge in [0.1, 0.15) is 0 Å². The Morgan fingerprint density at radius 3 is 2.50 bits per heavy atom. The zero-order valence-electron chi connectivity index (χ0n) is 16.1. The van der Waals surface area contributed by atoms with Crippen LogP contribution in [0.5, 0.6) is 0 Å². The van der Waals surface area contributed by atoms with E-state index >= 15 is 0 Å². The molecule has 0 aliphatic rings. The molecule has 0 spiro atoms. The Bertz CT molecular complexity index is 882. The smallest absolute Gasteiger partial charge is 0.303 e. The maximum atomic E-state index is 12.5. The Balaban J connectivity index is 1.96. The maximum absolute atomic E-state index is 12.5. The quantitative estimate of drug-likeness (QED) is 0.577. The van der Waals surface area contributed by atoms with E-state index in [4.69, 9.17) is 5.11 Å². The molecule has 0 aliphatic heterocycles. The van der Waals surface area contributed by atoms with Gasteiger partial charge < -0.3 is 15.7 Å². The number of rotatable bonds is 8. The number of aryl methyl sites for hydroxylation is 2. The highest BCUT2D eigenvalue weighted by atomic mass is 32.2. The summed E-state index contributed by atoms with van der Waals surface area (Å²) in [6.07, 6.45) is -0.294. The third kappa shape index (κ3) is 6.74. The zero-order valence-corrected chi connectivity index (χ0v) is 16.9. The average molecular weight is 401 g/mol. The Kier molecular flexibility index (Phi) is 7.63. The molecule has 0 aromatic heterocycles. The van der Waals surface area contributed by atoms with Gasteiger partial charge in [-0.25, -0.2) is 0 Å². The number of nitrogens with one attached hydrogen (secondary N) is 2. The van der Waals surface area contributed by atoms with Crippen molar-refractivity contribution in [2.75, 3.05) is 10.6 Å². The molecule has 0 saturated carbocycles. The van der Waals surface area contributed by atoms with Crippen molar-refractivity contribution in [1.29, 1.82) is 0 Å². The van der Waals surface area contributed by atoms with Gasteiger partial charge in [0.15, 0.2) is 0 Å². The molecule has 148 valence electrons. The van der Waals surface area contributed by atoms with Crippen LogP contribution in [0.3, 0.4) is 0 Å². The van der Waals surface area contributed by atoms with Gasteiger partial charge in [0.25, 0.3) is 0 Å². The number of amides is 2. The molecule has 1 unspecified atom stereocenters. The molecule has 0 aliphatic carbocycles. The van der Waals surface area contributed by atoms with Gasteiger partial charge in [-0.05, 0) is 56.2 Å². The third-order valence-corrected chi connectivity index (χ3v) is 5.11. The highest BCUT2D eigenvalue weighted by Gasteiger charge is 2.16. The summed E-state index contributed by atoms with van der Waals surface area (Å²) in [5.74, 6) is -1.47. The van der Waals surface area contributed by atoms with Crippen LogP contribution < -0.4 is 10.6 Å². The molecular formula is C21H24N2O4S. The van der Waals surface area contributed by atoms with Crippen LogP contribution in [0.4, 0.5) is 11.4 Å². The zero-order chi connectivity index (χ0) is 20.7. The molecular weight excluding hydrogens is 376 g/mol. The Labute approximate surface area is 168 Å². The molecule has 0 radical (unpaired) electrons. The first-order chi connectivity index (χ1) is 13.2. The second-order valence-corrected chi connectivity index (χ2v) is 7.95. The van der Waals surface area contributed by atoms with Gasteiger partial charge in [-0.3, -0.25) is 14.4 Å². The summed E-state index contributed by atoms with van der Waals surface area (Å²) >= 11 is 1.38. The van der Waals surface area contributed by atoms with Crippen molar-refractivity contribution in [2.45, 2.75) is 43.8 Å². The van der Waals surface area contributed by atoms with E-state index in [-0.39, 0.29) is 29.9 Å². The van der Waals surface area contributed by atoms with Gasteiger partial charge in [0.2, 0.25) is 11.8 Å². The minimum atomic E-state index is -1.01. The average Bonchev–Trinajstić information content (AvgIpc) is 2.63. The first kappa shape index (κ1) is 21.5. The van der Waals surface area contributed by atoms with Crippen LogP contribution in [0.1, 0.15) is 30.9 Å². The van der Waals surface area contributed by atoms with Crippen LogP contribution >= 0.6 is 11.8 Å². The lowest BCUT2D eigenvalue weighted by Crippen LogP contribution is -2.22.